The second-order valence-electron chi connectivity index (χ2n) is 3.86. The Morgan fingerprint density at radius 3 is 2.79 bits per heavy atom. The van der Waals surface area contributed by atoms with Crippen LogP contribution in [-0.4, -0.2) is 29.4 Å². The zero-order chi connectivity index (χ0) is 10.8. The van der Waals surface area contributed by atoms with Crippen LogP contribution in [0.25, 0.3) is 0 Å². The van der Waals surface area contributed by atoms with E-state index < -0.39 is 17.4 Å². The van der Waals surface area contributed by atoms with Gasteiger partial charge >= 0.3 is 0 Å². The SMILES string of the molecule is CC1(C)CSSCC(C(N)=O)NC1=O. The van der Waals surface area contributed by atoms with Gasteiger partial charge in [-0.15, -0.1) is 0 Å². The quantitative estimate of drug-likeness (QED) is 0.643. The molecule has 1 heterocycles. The van der Waals surface area contributed by atoms with E-state index in [4.69, 9.17) is 5.73 Å². The maximum absolute atomic E-state index is 11.7. The van der Waals surface area contributed by atoms with Crippen molar-refractivity contribution in [1.29, 1.82) is 0 Å². The van der Waals surface area contributed by atoms with E-state index in [1.54, 1.807) is 21.6 Å². The van der Waals surface area contributed by atoms with Crippen molar-refractivity contribution >= 4 is 33.4 Å². The summed E-state index contributed by atoms with van der Waals surface area (Å²) in [6.45, 7) is 3.72. The molecule has 4 nitrogen and oxygen atoms in total. The van der Waals surface area contributed by atoms with Gasteiger partial charge in [0, 0.05) is 11.5 Å². The van der Waals surface area contributed by atoms with E-state index in [2.05, 4.69) is 5.32 Å². The summed E-state index contributed by atoms with van der Waals surface area (Å²) in [5.41, 5.74) is 4.72. The third-order valence-electron chi connectivity index (χ3n) is 2.00. The van der Waals surface area contributed by atoms with E-state index in [9.17, 15) is 9.59 Å². The second-order valence-corrected chi connectivity index (χ2v) is 6.37. The topological polar surface area (TPSA) is 72.2 Å². The minimum atomic E-state index is -0.542. The normalized spacial score (nSPS) is 27.3. The Hall–Kier alpha value is -0.360. The highest BCUT2D eigenvalue weighted by atomic mass is 33.1. The highest BCUT2D eigenvalue weighted by molar-refractivity contribution is 8.76. The molecule has 0 saturated carbocycles. The number of nitrogens with one attached hydrogen (secondary N) is 1. The van der Waals surface area contributed by atoms with Crippen molar-refractivity contribution in [1.82, 2.24) is 5.32 Å². The van der Waals surface area contributed by atoms with Crippen LogP contribution in [-0.2, 0) is 9.59 Å². The molecule has 0 aromatic rings. The molecule has 1 aliphatic rings. The van der Waals surface area contributed by atoms with Gasteiger partial charge in [0.05, 0.1) is 5.41 Å². The summed E-state index contributed by atoms with van der Waals surface area (Å²) >= 11 is 0. The predicted molar refractivity (Wildman–Crippen MR) is 59.8 cm³/mol. The highest BCUT2D eigenvalue weighted by Crippen LogP contribution is 2.32. The zero-order valence-corrected chi connectivity index (χ0v) is 9.83. The lowest BCUT2D eigenvalue weighted by molar-refractivity contribution is -0.132. The lowest BCUT2D eigenvalue weighted by atomic mass is 9.95. The summed E-state index contributed by atoms with van der Waals surface area (Å²) in [6.07, 6.45) is 0. The van der Waals surface area contributed by atoms with E-state index in [1.165, 1.54) is 0 Å². The number of nitrogens with two attached hydrogens (primary N) is 1. The van der Waals surface area contributed by atoms with Crippen molar-refractivity contribution in [3.05, 3.63) is 0 Å². The molecule has 3 N–H and O–H groups in total. The van der Waals surface area contributed by atoms with Crippen LogP contribution in [0.2, 0.25) is 0 Å². The zero-order valence-electron chi connectivity index (χ0n) is 8.20. The van der Waals surface area contributed by atoms with Crippen LogP contribution in [0.5, 0.6) is 0 Å². The van der Waals surface area contributed by atoms with Gasteiger partial charge in [-0.25, -0.2) is 0 Å². The molecule has 1 unspecified atom stereocenters. The first-order chi connectivity index (χ1) is 6.43. The predicted octanol–water partition coefficient (Wildman–Crippen LogP) is 0.378. The summed E-state index contributed by atoms with van der Waals surface area (Å²) in [5.74, 6) is 0.717. The Labute approximate surface area is 91.1 Å². The standard InChI is InChI=1S/C8H14N2O2S2/c1-8(2)4-14-13-3-5(6(9)11)10-7(8)12/h5H,3-4H2,1-2H3,(H2,9,11)(H,10,12). The minimum Gasteiger partial charge on any atom is -0.368 e. The molecule has 0 aliphatic carbocycles. The largest absolute Gasteiger partial charge is 0.368 e. The van der Waals surface area contributed by atoms with Crippen LogP contribution in [0.4, 0.5) is 0 Å². The molecule has 0 spiro atoms. The molecule has 1 saturated heterocycles. The highest BCUT2D eigenvalue weighted by Gasteiger charge is 2.32. The Morgan fingerprint density at radius 2 is 2.21 bits per heavy atom. The summed E-state index contributed by atoms with van der Waals surface area (Å²) < 4.78 is 0. The van der Waals surface area contributed by atoms with E-state index in [0.29, 0.717) is 5.75 Å². The van der Waals surface area contributed by atoms with Crippen LogP contribution in [0, 0.1) is 5.41 Å². The molecule has 0 radical (unpaired) electrons. The van der Waals surface area contributed by atoms with Crippen LogP contribution >= 0.6 is 21.6 Å². The Kier molecular flexibility index (Phi) is 3.71. The molecule has 1 rings (SSSR count). The first kappa shape index (κ1) is 11.7. The van der Waals surface area contributed by atoms with E-state index in [-0.39, 0.29) is 5.91 Å². The number of rotatable bonds is 1. The molecular formula is C8H14N2O2S2. The fourth-order valence-electron chi connectivity index (χ4n) is 0.919. The Bertz CT molecular complexity index is 256. The number of carbonyl (C=O) groups excluding carboxylic acids is 2. The van der Waals surface area contributed by atoms with Crippen LogP contribution in [0.15, 0.2) is 0 Å². The van der Waals surface area contributed by atoms with Gasteiger partial charge in [-0.2, -0.15) is 0 Å². The molecule has 1 fully saturated rings. The lowest BCUT2D eigenvalue weighted by Gasteiger charge is -2.28. The molecule has 2 amide bonds. The maximum Gasteiger partial charge on any atom is 0.240 e. The minimum absolute atomic E-state index is 0.103. The van der Waals surface area contributed by atoms with Gasteiger partial charge in [0.1, 0.15) is 6.04 Å². The molecule has 80 valence electrons. The Morgan fingerprint density at radius 1 is 1.57 bits per heavy atom. The van der Waals surface area contributed by atoms with Crippen molar-refractivity contribution in [3.63, 3.8) is 0 Å². The van der Waals surface area contributed by atoms with E-state index in [0.717, 1.165) is 5.75 Å². The fraction of sp³-hybridized carbons (Fsp3) is 0.750. The van der Waals surface area contributed by atoms with Gasteiger partial charge in [-0.1, -0.05) is 35.4 Å². The summed E-state index contributed by atoms with van der Waals surface area (Å²) in [4.78, 5) is 22.6. The van der Waals surface area contributed by atoms with Crippen LogP contribution < -0.4 is 11.1 Å². The fourth-order valence-corrected chi connectivity index (χ4v) is 3.74. The third kappa shape index (κ3) is 2.81. The molecule has 0 aromatic heterocycles. The van der Waals surface area contributed by atoms with E-state index in [1.807, 2.05) is 13.8 Å². The molecule has 1 atom stereocenters. The molecule has 14 heavy (non-hydrogen) atoms. The Balaban J connectivity index is 2.71. The number of carbonyl (C=O) groups is 2. The van der Waals surface area contributed by atoms with Crippen molar-refractivity contribution in [2.45, 2.75) is 19.9 Å². The summed E-state index contributed by atoms with van der Waals surface area (Å²) in [6, 6.07) is -0.542. The first-order valence-corrected chi connectivity index (χ1v) is 6.77. The number of hydrogen-bond acceptors (Lipinski definition) is 4. The van der Waals surface area contributed by atoms with Crippen LogP contribution in [0.1, 0.15) is 13.8 Å². The van der Waals surface area contributed by atoms with Gasteiger partial charge in [0.25, 0.3) is 0 Å². The van der Waals surface area contributed by atoms with Crippen molar-refractivity contribution in [2.75, 3.05) is 11.5 Å². The molecule has 1 aliphatic heterocycles. The van der Waals surface area contributed by atoms with Crippen molar-refractivity contribution in [2.24, 2.45) is 11.1 Å². The van der Waals surface area contributed by atoms with Gasteiger partial charge in [0.2, 0.25) is 11.8 Å². The third-order valence-corrected chi connectivity index (χ3v) is 4.74. The number of hydrogen-bond donors (Lipinski definition) is 2. The van der Waals surface area contributed by atoms with Gasteiger partial charge in [-0.05, 0) is 0 Å². The number of amides is 2. The van der Waals surface area contributed by atoms with Gasteiger partial charge in [0.15, 0.2) is 0 Å². The first-order valence-electron chi connectivity index (χ1n) is 4.28. The van der Waals surface area contributed by atoms with Crippen LogP contribution in [0.3, 0.4) is 0 Å². The van der Waals surface area contributed by atoms with Gasteiger partial charge in [-0.3, -0.25) is 9.59 Å². The van der Waals surface area contributed by atoms with Crippen molar-refractivity contribution < 1.29 is 9.59 Å². The average Bonchev–Trinajstić information content (AvgIpc) is 2.07. The maximum atomic E-state index is 11.7. The summed E-state index contributed by atoms with van der Waals surface area (Å²) in [5, 5.41) is 2.66. The van der Waals surface area contributed by atoms with Gasteiger partial charge < -0.3 is 11.1 Å². The molecule has 0 bridgehead atoms. The van der Waals surface area contributed by atoms with E-state index >= 15 is 0 Å². The molecular weight excluding hydrogens is 220 g/mol. The lowest BCUT2D eigenvalue weighted by Crippen LogP contribution is -2.51. The molecule has 0 aromatic carbocycles. The smallest absolute Gasteiger partial charge is 0.240 e. The molecule has 6 heteroatoms. The summed E-state index contributed by atoms with van der Waals surface area (Å²) in [7, 11) is 3.18. The second kappa shape index (κ2) is 4.44. The number of primary amides is 1. The average molecular weight is 234 g/mol. The monoisotopic (exact) mass is 234 g/mol. The van der Waals surface area contributed by atoms with Crippen molar-refractivity contribution in [3.8, 4) is 0 Å².